The molecule has 31 heavy (non-hydrogen) atoms. The number of H-pyrrole nitrogens is 1. The van der Waals surface area contributed by atoms with Gasteiger partial charge in [-0.25, -0.2) is 4.39 Å². The molecule has 3 heterocycles. The number of carbonyl (C=O) groups excluding carboxylic acids is 1. The van der Waals surface area contributed by atoms with Crippen molar-refractivity contribution >= 4 is 16.6 Å². The molecule has 1 saturated heterocycles. The number of halogens is 1. The van der Waals surface area contributed by atoms with E-state index in [9.17, 15) is 9.18 Å². The molecular weight excluding hydrogens is 393 g/mol. The third kappa shape index (κ3) is 4.12. The van der Waals surface area contributed by atoms with E-state index in [1.165, 1.54) is 0 Å². The van der Waals surface area contributed by atoms with Gasteiger partial charge in [0.15, 0.2) is 5.78 Å². The molecule has 6 nitrogen and oxygen atoms in total. The second kappa shape index (κ2) is 8.13. The van der Waals surface area contributed by atoms with Crippen molar-refractivity contribution in [2.24, 2.45) is 5.41 Å². The van der Waals surface area contributed by atoms with Gasteiger partial charge < -0.3 is 0 Å². The zero-order chi connectivity index (χ0) is 21.4. The van der Waals surface area contributed by atoms with E-state index >= 15 is 0 Å². The van der Waals surface area contributed by atoms with Crippen LogP contribution in [-0.2, 0) is 11.2 Å². The molecule has 2 aromatic heterocycles. The van der Waals surface area contributed by atoms with Gasteiger partial charge in [0.1, 0.15) is 6.67 Å². The van der Waals surface area contributed by atoms with Gasteiger partial charge in [-0.1, -0.05) is 12.1 Å². The lowest BCUT2D eigenvalue weighted by atomic mass is 9.60. The highest BCUT2D eigenvalue weighted by Gasteiger charge is 2.52. The smallest absolute Gasteiger partial charge is 0.152 e. The van der Waals surface area contributed by atoms with Gasteiger partial charge in [0.2, 0.25) is 0 Å². The third-order valence-corrected chi connectivity index (χ3v) is 6.89. The van der Waals surface area contributed by atoms with E-state index in [1.807, 2.05) is 31.6 Å². The highest BCUT2D eigenvalue weighted by molar-refractivity contribution is 5.88. The normalized spacial score (nSPS) is 18.4. The minimum atomic E-state index is -0.263. The molecule has 7 heteroatoms. The maximum Gasteiger partial charge on any atom is 0.152 e. The molecule has 2 aliphatic rings. The first-order valence-corrected chi connectivity index (χ1v) is 10.9. The molecule has 162 valence electrons. The number of likely N-dealkylation sites (tertiary alicyclic amines) is 1. The summed E-state index contributed by atoms with van der Waals surface area (Å²) in [5.74, 6) is 0.189. The summed E-state index contributed by atoms with van der Waals surface area (Å²) in [5, 5.41) is 8.99. The molecule has 1 saturated carbocycles. The van der Waals surface area contributed by atoms with Crippen LogP contribution in [0.3, 0.4) is 0 Å². The number of alkyl halides is 1. The lowest BCUT2D eigenvalue weighted by Crippen LogP contribution is -2.66. The summed E-state index contributed by atoms with van der Waals surface area (Å²) in [4.78, 5) is 21.6. The maximum absolute atomic E-state index is 12.7. The summed E-state index contributed by atoms with van der Waals surface area (Å²) in [5.41, 5.74) is 3.31. The van der Waals surface area contributed by atoms with E-state index < -0.39 is 0 Å². The molecule has 5 rings (SSSR count). The lowest BCUT2D eigenvalue weighted by Gasteiger charge is -2.60. The van der Waals surface area contributed by atoms with Crippen molar-refractivity contribution in [1.82, 2.24) is 25.0 Å². The quantitative estimate of drug-likeness (QED) is 0.606. The highest BCUT2D eigenvalue weighted by atomic mass is 19.1. The van der Waals surface area contributed by atoms with E-state index in [0.717, 1.165) is 53.5 Å². The number of nitrogens with zero attached hydrogens (tertiary/aromatic N) is 4. The van der Waals surface area contributed by atoms with Gasteiger partial charge in [0, 0.05) is 54.7 Å². The number of pyridine rings is 1. The minimum Gasteiger partial charge on any atom is -0.300 e. The molecule has 1 aromatic carbocycles. The molecule has 0 atom stereocenters. The number of benzene rings is 1. The van der Waals surface area contributed by atoms with Crippen molar-refractivity contribution in [2.75, 3.05) is 39.9 Å². The predicted octanol–water partition coefficient (Wildman–Crippen LogP) is 3.10. The topological polar surface area (TPSA) is 65.1 Å². The van der Waals surface area contributed by atoms with Crippen molar-refractivity contribution in [2.45, 2.75) is 25.3 Å². The van der Waals surface area contributed by atoms with Crippen LogP contribution in [0.5, 0.6) is 0 Å². The van der Waals surface area contributed by atoms with Gasteiger partial charge in [-0.15, -0.1) is 0 Å². The molecule has 3 aromatic rings. The Hall–Kier alpha value is -2.64. The summed E-state index contributed by atoms with van der Waals surface area (Å²) in [6.45, 7) is 2.77. The fourth-order valence-corrected chi connectivity index (χ4v) is 5.23. The number of nitrogens with one attached hydrogen (secondary N) is 1. The van der Waals surface area contributed by atoms with Crippen molar-refractivity contribution in [3.63, 3.8) is 0 Å². The summed E-state index contributed by atoms with van der Waals surface area (Å²) >= 11 is 0. The van der Waals surface area contributed by atoms with E-state index in [0.29, 0.717) is 31.0 Å². The Morgan fingerprint density at radius 2 is 2.06 bits per heavy atom. The minimum absolute atomic E-state index is 0.189. The fraction of sp³-hybridized carbons (Fsp3) is 0.458. The average molecular weight is 422 g/mol. The second-order valence-electron chi connectivity index (χ2n) is 9.32. The molecule has 0 amide bonds. The van der Waals surface area contributed by atoms with E-state index in [4.69, 9.17) is 0 Å². The van der Waals surface area contributed by atoms with Gasteiger partial charge >= 0.3 is 0 Å². The van der Waals surface area contributed by atoms with Crippen LogP contribution in [0.25, 0.3) is 21.9 Å². The Bertz CT molecular complexity index is 1070. The number of hydrogen-bond acceptors (Lipinski definition) is 5. The zero-order valence-electron chi connectivity index (χ0n) is 17.9. The van der Waals surface area contributed by atoms with Crippen LogP contribution in [0, 0.1) is 5.41 Å². The van der Waals surface area contributed by atoms with E-state index in [2.05, 4.69) is 37.1 Å². The lowest BCUT2D eigenvalue weighted by molar-refractivity contribution is -0.126. The van der Waals surface area contributed by atoms with Crippen LogP contribution in [0.4, 0.5) is 4.39 Å². The maximum atomic E-state index is 12.7. The van der Waals surface area contributed by atoms with Crippen LogP contribution < -0.4 is 0 Å². The Morgan fingerprint density at radius 3 is 2.81 bits per heavy atom. The van der Waals surface area contributed by atoms with Crippen LogP contribution in [-0.4, -0.2) is 76.7 Å². The summed E-state index contributed by atoms with van der Waals surface area (Å²) in [6, 6.07) is 8.69. The number of rotatable bonds is 8. The zero-order valence-corrected chi connectivity index (χ0v) is 17.9. The average Bonchev–Trinajstić information content (AvgIpc) is 3.22. The number of fused-ring (bicyclic) bond motifs is 1. The molecule has 0 unspecified atom stereocenters. The summed E-state index contributed by atoms with van der Waals surface area (Å²) in [6.07, 6.45) is 8.09. The molecular formula is C24H28FN5O. The molecule has 0 radical (unpaired) electrons. The Kier molecular flexibility index (Phi) is 5.32. The monoisotopic (exact) mass is 421 g/mol. The van der Waals surface area contributed by atoms with Gasteiger partial charge in [0.05, 0.1) is 19.2 Å². The summed E-state index contributed by atoms with van der Waals surface area (Å²) in [7, 11) is 2.04. The summed E-state index contributed by atoms with van der Waals surface area (Å²) < 4.78 is 12.4. The molecule has 0 bridgehead atoms. The van der Waals surface area contributed by atoms with Gasteiger partial charge in [-0.2, -0.15) is 5.10 Å². The molecule has 1 spiro atoms. The first-order chi connectivity index (χ1) is 15.0. The number of likely N-dealkylation sites (N-methyl/N-ethyl adjacent to an activating group) is 1. The standard InChI is InChI=1S/C24H28FN5O/c1-29(22-9-24(10-22)15-30(16-24)5-4-25)14-23(31)8-21-7-19-6-17(20-12-27-28-13-20)2-3-18(19)11-26-21/h2-3,6-7,11-13,22H,4-5,8-10,14-16H2,1H3,(H,27,28). The SMILES string of the molecule is CN(CC(=O)Cc1cc2cc(-c3cn[nH]c3)ccc2cn1)C1CC2(C1)CN(CCF)C2. The van der Waals surface area contributed by atoms with Crippen LogP contribution in [0.2, 0.25) is 0 Å². The Balaban J connectivity index is 1.17. The molecule has 1 aliphatic heterocycles. The largest absolute Gasteiger partial charge is 0.300 e. The number of Topliss-reactive ketones (excluding diaryl/α,β-unsaturated/α-hetero) is 1. The van der Waals surface area contributed by atoms with E-state index in [-0.39, 0.29) is 12.5 Å². The molecule has 1 N–H and O–H groups in total. The Morgan fingerprint density at radius 1 is 1.23 bits per heavy atom. The number of carbonyl (C=O) groups is 1. The van der Waals surface area contributed by atoms with Crippen LogP contribution >= 0.6 is 0 Å². The number of aromatic amines is 1. The number of ketones is 1. The van der Waals surface area contributed by atoms with Gasteiger partial charge in [-0.3, -0.25) is 24.7 Å². The number of aromatic nitrogens is 3. The first-order valence-electron chi connectivity index (χ1n) is 10.9. The highest BCUT2D eigenvalue weighted by Crippen LogP contribution is 2.49. The van der Waals surface area contributed by atoms with Crippen LogP contribution in [0.15, 0.2) is 42.9 Å². The first kappa shape index (κ1) is 20.3. The third-order valence-electron chi connectivity index (χ3n) is 6.89. The van der Waals surface area contributed by atoms with Crippen LogP contribution in [0.1, 0.15) is 18.5 Å². The number of hydrogen-bond donors (Lipinski definition) is 1. The van der Waals surface area contributed by atoms with Gasteiger partial charge in [-0.05, 0) is 48.4 Å². The van der Waals surface area contributed by atoms with E-state index in [1.54, 1.807) is 6.20 Å². The van der Waals surface area contributed by atoms with Crippen molar-refractivity contribution in [3.05, 3.63) is 48.5 Å². The molecule has 1 aliphatic carbocycles. The van der Waals surface area contributed by atoms with Crippen molar-refractivity contribution < 1.29 is 9.18 Å². The second-order valence-corrected chi connectivity index (χ2v) is 9.32. The predicted molar refractivity (Wildman–Crippen MR) is 119 cm³/mol. The molecule has 2 fully saturated rings. The Labute approximate surface area is 181 Å². The van der Waals surface area contributed by atoms with Crippen molar-refractivity contribution in [3.8, 4) is 11.1 Å². The van der Waals surface area contributed by atoms with Crippen molar-refractivity contribution in [1.29, 1.82) is 0 Å². The van der Waals surface area contributed by atoms with Gasteiger partial charge in [0.25, 0.3) is 0 Å². The fourth-order valence-electron chi connectivity index (χ4n) is 5.23.